The molecule has 13 heteroatoms. The highest BCUT2D eigenvalue weighted by atomic mass is 19.2. The highest BCUT2D eigenvalue weighted by Gasteiger charge is 2.35. The number of carbonyl (C=O) groups excluding carboxylic acids is 1. The molecule has 10 nitrogen and oxygen atoms in total. The van der Waals surface area contributed by atoms with Crippen molar-refractivity contribution in [3.05, 3.63) is 58.9 Å². The van der Waals surface area contributed by atoms with E-state index in [1.165, 1.54) is 12.4 Å². The molecule has 0 spiro atoms. The van der Waals surface area contributed by atoms with Gasteiger partial charge in [0.2, 0.25) is 5.95 Å². The maximum absolute atomic E-state index is 14.4. The first-order valence-electron chi connectivity index (χ1n) is 13.5. The Hall–Kier alpha value is -3.74. The van der Waals surface area contributed by atoms with Crippen LogP contribution in [0.3, 0.4) is 0 Å². The molecule has 2 saturated heterocycles. The maximum atomic E-state index is 14.4. The number of nitrogens with zero attached hydrogens (tertiary/aromatic N) is 7. The number of piperidine rings is 1. The van der Waals surface area contributed by atoms with Gasteiger partial charge in [0, 0.05) is 75.1 Å². The van der Waals surface area contributed by atoms with Crippen LogP contribution in [0, 0.1) is 17.5 Å². The minimum absolute atomic E-state index is 0.0183. The van der Waals surface area contributed by atoms with Gasteiger partial charge in [0.15, 0.2) is 17.5 Å². The number of nitrogens with two attached hydrogens (primary N) is 1. The first-order chi connectivity index (χ1) is 19.2. The fourth-order valence-corrected chi connectivity index (χ4v) is 5.43. The molecule has 214 valence electrons. The summed E-state index contributed by atoms with van der Waals surface area (Å²) in [4.78, 5) is 32.2. The van der Waals surface area contributed by atoms with Gasteiger partial charge in [0.1, 0.15) is 5.82 Å². The van der Waals surface area contributed by atoms with Crippen molar-refractivity contribution in [2.24, 2.45) is 5.73 Å². The summed E-state index contributed by atoms with van der Waals surface area (Å²) in [5.41, 5.74) is 6.60. The van der Waals surface area contributed by atoms with Crippen LogP contribution in [0.1, 0.15) is 67.2 Å². The van der Waals surface area contributed by atoms with Crippen LogP contribution in [0.2, 0.25) is 0 Å². The van der Waals surface area contributed by atoms with Crippen LogP contribution in [0.15, 0.2) is 29.0 Å². The molecule has 5 rings (SSSR count). The highest BCUT2D eigenvalue weighted by molar-refractivity contribution is 5.94. The van der Waals surface area contributed by atoms with Crippen LogP contribution in [0.25, 0.3) is 0 Å². The molecular formula is C27H33F3N8O2. The molecule has 2 unspecified atom stereocenters. The van der Waals surface area contributed by atoms with Gasteiger partial charge in [-0.2, -0.15) is 4.98 Å². The normalized spacial score (nSPS) is 20.0. The second kappa shape index (κ2) is 11.4. The molecule has 0 bridgehead atoms. The molecule has 3 aromatic rings. The van der Waals surface area contributed by atoms with Crippen LogP contribution in [-0.2, 0) is 0 Å². The van der Waals surface area contributed by atoms with Crippen LogP contribution in [0.4, 0.5) is 25.1 Å². The topological polar surface area (TPSA) is 118 Å². The first-order valence-corrected chi connectivity index (χ1v) is 13.5. The number of hydrogen-bond acceptors (Lipinski definition) is 9. The van der Waals surface area contributed by atoms with E-state index in [-0.39, 0.29) is 30.0 Å². The minimum atomic E-state index is -1.24. The van der Waals surface area contributed by atoms with E-state index in [1.807, 2.05) is 30.6 Å². The summed E-state index contributed by atoms with van der Waals surface area (Å²) in [5.74, 6) is -2.75. The zero-order valence-corrected chi connectivity index (χ0v) is 22.7. The van der Waals surface area contributed by atoms with Crippen molar-refractivity contribution in [3.8, 4) is 0 Å². The SMILES string of the molecule is CCN(C(=O)c1cnc(N2CC(N)C(c3cc(F)c(F)cc3F)C2)nc1)C1CCN(c2nc(C(C)C)no2)CC1. The lowest BCUT2D eigenvalue weighted by atomic mass is 9.94. The summed E-state index contributed by atoms with van der Waals surface area (Å²) in [5, 5.41) is 4.04. The molecule has 2 fully saturated rings. The van der Waals surface area contributed by atoms with Gasteiger partial charge < -0.3 is 25.0 Å². The molecule has 40 heavy (non-hydrogen) atoms. The lowest BCUT2D eigenvalue weighted by Crippen LogP contribution is -2.47. The van der Waals surface area contributed by atoms with Gasteiger partial charge in [-0.05, 0) is 31.4 Å². The molecule has 2 aliphatic rings. The lowest BCUT2D eigenvalue weighted by molar-refractivity contribution is 0.0661. The smallest absolute Gasteiger partial charge is 0.324 e. The summed E-state index contributed by atoms with van der Waals surface area (Å²) in [6.45, 7) is 8.41. The number of carbonyl (C=O) groups is 1. The van der Waals surface area contributed by atoms with Gasteiger partial charge in [-0.15, -0.1) is 0 Å². The summed E-state index contributed by atoms with van der Waals surface area (Å²) >= 11 is 0. The fraction of sp³-hybridized carbons (Fsp3) is 0.519. The van der Waals surface area contributed by atoms with Gasteiger partial charge in [-0.3, -0.25) is 4.79 Å². The van der Waals surface area contributed by atoms with E-state index in [4.69, 9.17) is 10.3 Å². The van der Waals surface area contributed by atoms with Crippen molar-refractivity contribution in [1.82, 2.24) is 25.0 Å². The van der Waals surface area contributed by atoms with Gasteiger partial charge in [0.05, 0.1) is 5.56 Å². The van der Waals surface area contributed by atoms with Crippen LogP contribution in [0.5, 0.6) is 0 Å². The van der Waals surface area contributed by atoms with Crippen molar-refractivity contribution >= 4 is 17.9 Å². The van der Waals surface area contributed by atoms with Gasteiger partial charge in [0.25, 0.3) is 5.91 Å². The van der Waals surface area contributed by atoms with E-state index in [2.05, 4.69) is 20.1 Å². The molecule has 0 radical (unpaired) electrons. The maximum Gasteiger partial charge on any atom is 0.324 e. The third-order valence-corrected chi connectivity index (χ3v) is 7.70. The number of halogens is 3. The van der Waals surface area contributed by atoms with Crippen LogP contribution >= 0.6 is 0 Å². The molecule has 1 amide bonds. The van der Waals surface area contributed by atoms with Crippen LogP contribution < -0.4 is 15.5 Å². The number of hydrogen-bond donors (Lipinski definition) is 1. The number of aromatic nitrogens is 4. The summed E-state index contributed by atoms with van der Waals surface area (Å²) < 4.78 is 46.9. The molecule has 2 atom stereocenters. The third kappa shape index (κ3) is 5.47. The Morgan fingerprint density at radius 3 is 2.38 bits per heavy atom. The summed E-state index contributed by atoms with van der Waals surface area (Å²) in [6, 6.07) is 1.42. The molecule has 4 heterocycles. The lowest BCUT2D eigenvalue weighted by Gasteiger charge is -2.37. The zero-order valence-electron chi connectivity index (χ0n) is 22.7. The first kappa shape index (κ1) is 27.8. The predicted molar refractivity (Wildman–Crippen MR) is 142 cm³/mol. The van der Waals surface area contributed by atoms with Gasteiger partial charge in [-0.1, -0.05) is 19.0 Å². The average molecular weight is 559 g/mol. The number of benzene rings is 1. The molecule has 2 aliphatic heterocycles. The Labute approximate surface area is 230 Å². The van der Waals surface area contributed by atoms with Crippen molar-refractivity contribution < 1.29 is 22.5 Å². The fourth-order valence-electron chi connectivity index (χ4n) is 5.43. The minimum Gasteiger partial charge on any atom is -0.339 e. The van der Waals surface area contributed by atoms with E-state index < -0.39 is 29.4 Å². The molecule has 0 saturated carbocycles. The van der Waals surface area contributed by atoms with Crippen molar-refractivity contribution in [2.75, 3.05) is 42.5 Å². The Morgan fingerprint density at radius 1 is 1.07 bits per heavy atom. The highest BCUT2D eigenvalue weighted by Crippen LogP contribution is 2.31. The number of anilines is 2. The largest absolute Gasteiger partial charge is 0.339 e. The third-order valence-electron chi connectivity index (χ3n) is 7.70. The number of rotatable bonds is 7. The zero-order chi connectivity index (χ0) is 28.6. The Kier molecular flexibility index (Phi) is 7.92. The standard InChI is InChI=1S/C27H33F3N8O2/c1-4-38(17-5-7-36(8-6-17)27-34-24(15(2)3)35-40-27)25(39)16-11-32-26(33-12-16)37-13-19(23(31)14-37)18-9-21(29)22(30)10-20(18)28/h9-12,15,17,19,23H,4-8,13-14,31H2,1-3H3. The van der Waals surface area contributed by atoms with Gasteiger partial charge >= 0.3 is 6.01 Å². The summed E-state index contributed by atoms with van der Waals surface area (Å²) in [7, 11) is 0. The molecule has 2 N–H and O–H groups in total. The predicted octanol–water partition coefficient (Wildman–Crippen LogP) is 3.46. The van der Waals surface area contributed by atoms with E-state index >= 15 is 0 Å². The second-order valence-corrected chi connectivity index (χ2v) is 10.6. The molecule has 2 aromatic heterocycles. The average Bonchev–Trinajstić information content (AvgIpc) is 3.59. The van der Waals surface area contributed by atoms with Crippen LogP contribution in [-0.4, -0.2) is 75.7 Å². The van der Waals surface area contributed by atoms with Crippen molar-refractivity contribution in [1.29, 1.82) is 0 Å². The quantitative estimate of drug-likeness (QED) is 0.435. The van der Waals surface area contributed by atoms with E-state index in [9.17, 15) is 18.0 Å². The van der Waals surface area contributed by atoms with Gasteiger partial charge in [-0.25, -0.2) is 23.1 Å². The monoisotopic (exact) mass is 558 g/mol. The Morgan fingerprint density at radius 2 is 1.75 bits per heavy atom. The van der Waals surface area contributed by atoms with E-state index in [1.54, 1.807) is 4.90 Å². The second-order valence-electron chi connectivity index (χ2n) is 10.6. The van der Waals surface area contributed by atoms with Crippen molar-refractivity contribution in [2.45, 2.75) is 57.5 Å². The molecule has 0 aliphatic carbocycles. The Balaban J connectivity index is 1.21. The number of amides is 1. The molecule has 1 aromatic carbocycles. The van der Waals surface area contributed by atoms with E-state index in [0.717, 1.165) is 18.9 Å². The van der Waals surface area contributed by atoms with Crippen molar-refractivity contribution in [3.63, 3.8) is 0 Å². The molecular weight excluding hydrogens is 525 g/mol. The summed E-state index contributed by atoms with van der Waals surface area (Å²) in [6.07, 6.45) is 4.47. The van der Waals surface area contributed by atoms with E-state index in [0.29, 0.717) is 55.6 Å². The Bertz CT molecular complexity index is 1340.